The molecule has 1 aliphatic heterocycles. The van der Waals surface area contributed by atoms with Gasteiger partial charge in [-0.3, -0.25) is 0 Å². The van der Waals surface area contributed by atoms with Crippen LogP contribution in [0.25, 0.3) is 0 Å². The van der Waals surface area contributed by atoms with Crippen molar-refractivity contribution in [1.29, 1.82) is 0 Å². The number of hydrogen-bond donors (Lipinski definition) is 0. The van der Waals surface area contributed by atoms with Crippen LogP contribution in [0.4, 0.5) is 0 Å². The van der Waals surface area contributed by atoms with Crippen LogP contribution < -0.4 is 10.6 Å². The molecule has 2 saturated carbocycles. The molecule has 0 aromatic heterocycles. The fraction of sp³-hybridized carbons (Fsp3) is 0.179. The van der Waals surface area contributed by atoms with Crippen LogP contribution in [0, 0.1) is 68.9 Å². The minimum atomic E-state index is -0.636. The summed E-state index contributed by atoms with van der Waals surface area (Å²) in [5.74, 6) is 2.45. The first kappa shape index (κ1) is 25.5. The predicted molar refractivity (Wildman–Crippen MR) is 132 cm³/mol. The van der Waals surface area contributed by atoms with Crippen molar-refractivity contribution in [3.63, 3.8) is 0 Å². The molecule has 5 rings (SSSR count). The summed E-state index contributed by atoms with van der Waals surface area (Å²) in [6.07, 6.45) is 16.5. The second-order valence-electron chi connectivity index (χ2n) is 7.85. The Morgan fingerprint density at radius 1 is 0.781 bits per heavy atom. The van der Waals surface area contributed by atoms with Gasteiger partial charge in [-0.05, 0) is 75.8 Å². The number of hydrogen-bond acceptors (Lipinski definition) is 2. The molecule has 0 spiro atoms. The van der Waals surface area contributed by atoms with Crippen molar-refractivity contribution in [1.82, 2.24) is 0 Å². The van der Waals surface area contributed by atoms with Crippen LogP contribution in [0.3, 0.4) is 0 Å². The molecule has 0 N–H and O–H groups in total. The van der Waals surface area contributed by atoms with Crippen LogP contribution in [0.1, 0.15) is 13.8 Å². The molecule has 162 valence electrons. The molecular weight excluding hydrogens is 453 g/mol. The van der Waals surface area contributed by atoms with Crippen LogP contribution in [0.2, 0.25) is 0 Å². The van der Waals surface area contributed by atoms with Crippen molar-refractivity contribution in [2.45, 2.75) is 19.9 Å². The average molecular weight is 481 g/mol. The van der Waals surface area contributed by atoms with Gasteiger partial charge in [0.15, 0.2) is 5.90 Å². The molecule has 2 fully saturated rings. The third-order valence-electron chi connectivity index (χ3n) is 5.29. The Bertz CT molecular complexity index is 775. The summed E-state index contributed by atoms with van der Waals surface area (Å²) in [7, 11) is -0.636. The summed E-state index contributed by atoms with van der Waals surface area (Å²) in [5.41, 5.74) is 1.32. The molecule has 0 amide bonds. The van der Waals surface area contributed by atoms with Crippen molar-refractivity contribution in [2.24, 2.45) is 10.9 Å². The smallest absolute Gasteiger partial charge is 0.478 e. The van der Waals surface area contributed by atoms with E-state index >= 15 is 0 Å². The average Bonchev–Trinajstić information content (AvgIpc) is 3.58. The van der Waals surface area contributed by atoms with Gasteiger partial charge in [0.05, 0.1) is 12.0 Å². The predicted octanol–water partition coefficient (Wildman–Crippen LogP) is 5.32. The van der Waals surface area contributed by atoms with Crippen molar-refractivity contribution >= 4 is 24.4 Å². The molecule has 2 nitrogen and oxygen atoms in total. The summed E-state index contributed by atoms with van der Waals surface area (Å²) in [6.45, 7) is 5.09. The Kier molecular flexibility index (Phi) is 10.3. The van der Waals surface area contributed by atoms with Gasteiger partial charge in [-0.1, -0.05) is 74.5 Å². The second kappa shape index (κ2) is 12.9. The molecular formula is C28H28FeNOP+2. The Balaban J connectivity index is 0.000000427. The van der Waals surface area contributed by atoms with Crippen molar-refractivity contribution in [3.8, 4) is 0 Å². The molecule has 0 saturated heterocycles. The molecule has 0 bridgehead atoms. The van der Waals surface area contributed by atoms with Crippen LogP contribution in [0.15, 0.2) is 65.7 Å². The Morgan fingerprint density at radius 2 is 1.31 bits per heavy atom. The van der Waals surface area contributed by atoms with Gasteiger partial charge in [-0.25, -0.2) is 4.99 Å². The largest absolute Gasteiger partial charge is 2.00 e. The van der Waals surface area contributed by atoms with Crippen LogP contribution in [-0.4, -0.2) is 18.5 Å². The summed E-state index contributed by atoms with van der Waals surface area (Å²) < 4.78 is 5.99. The van der Waals surface area contributed by atoms with Gasteiger partial charge in [-0.2, -0.15) is 0 Å². The summed E-state index contributed by atoms with van der Waals surface area (Å²) in [4.78, 5) is 4.87. The van der Waals surface area contributed by atoms with E-state index in [-0.39, 0.29) is 23.1 Å². The SMILES string of the molecule is CC(C)[C@H]1COC([C]2[CH][CH][CH][C]2P(c2ccccc2)c2ccccc2)=N1.[CH]1[CH][CH][CH][CH]1.[Fe+2]. The molecule has 1 atom stereocenters. The molecule has 1 heterocycles. The van der Waals surface area contributed by atoms with Gasteiger partial charge in [0.25, 0.3) is 0 Å². The van der Waals surface area contributed by atoms with E-state index in [0.717, 1.165) is 11.8 Å². The first-order valence-corrected chi connectivity index (χ1v) is 12.1. The molecule has 10 radical (unpaired) electrons. The van der Waals surface area contributed by atoms with E-state index in [2.05, 4.69) is 93.8 Å². The maximum Gasteiger partial charge on any atom is 2.00 e. The van der Waals surface area contributed by atoms with E-state index in [1.165, 1.54) is 16.3 Å². The monoisotopic (exact) mass is 481 g/mol. The van der Waals surface area contributed by atoms with Gasteiger partial charge in [0.2, 0.25) is 0 Å². The topological polar surface area (TPSA) is 21.6 Å². The normalized spacial score (nSPS) is 21.1. The van der Waals surface area contributed by atoms with Crippen LogP contribution >= 0.6 is 7.92 Å². The molecule has 2 aliphatic carbocycles. The van der Waals surface area contributed by atoms with Crippen LogP contribution in [-0.2, 0) is 21.8 Å². The van der Waals surface area contributed by atoms with E-state index in [1.807, 2.05) is 32.1 Å². The fourth-order valence-electron chi connectivity index (χ4n) is 3.57. The summed E-state index contributed by atoms with van der Waals surface area (Å²) in [6, 6.07) is 21.8. The minimum absolute atomic E-state index is 0. The van der Waals surface area contributed by atoms with Crippen molar-refractivity contribution in [2.75, 3.05) is 6.61 Å². The molecule has 32 heavy (non-hydrogen) atoms. The first-order chi connectivity index (χ1) is 15.2. The van der Waals surface area contributed by atoms with E-state index in [1.54, 1.807) is 0 Å². The number of aliphatic imine (C=N–C) groups is 1. The number of rotatable bonds is 5. The third-order valence-corrected chi connectivity index (χ3v) is 7.79. The quantitative estimate of drug-likeness (QED) is 0.418. The second-order valence-corrected chi connectivity index (χ2v) is 10.0. The maximum atomic E-state index is 5.99. The Labute approximate surface area is 206 Å². The molecule has 0 unspecified atom stereocenters. The summed E-state index contributed by atoms with van der Waals surface area (Å²) >= 11 is 0. The van der Waals surface area contributed by atoms with Gasteiger partial charge in [0, 0.05) is 5.66 Å². The van der Waals surface area contributed by atoms with Crippen LogP contribution in [0.5, 0.6) is 0 Å². The zero-order valence-corrected chi connectivity index (χ0v) is 20.4. The zero-order chi connectivity index (χ0) is 21.5. The standard InChI is InChI=1S/C23H23NOP.C5H5.Fe/c1-17(2)21-16-25-23(24-21)20-14-9-15-22(20)26(18-10-5-3-6-11-18)19-12-7-4-8-13-19;1-2-4-5-3-1;/h3-15,17,21H,16H2,1-2H3;1-5H;/q;;+2/t21-;;/m1../s1. The molecule has 4 heteroatoms. The van der Waals surface area contributed by atoms with E-state index in [9.17, 15) is 0 Å². The maximum absolute atomic E-state index is 5.99. The first-order valence-electron chi connectivity index (χ1n) is 10.8. The Morgan fingerprint density at radius 3 is 1.78 bits per heavy atom. The van der Waals surface area contributed by atoms with Gasteiger partial charge in [0.1, 0.15) is 6.61 Å². The van der Waals surface area contributed by atoms with Gasteiger partial charge < -0.3 is 4.74 Å². The third kappa shape index (κ3) is 6.47. The summed E-state index contributed by atoms with van der Waals surface area (Å²) in [5, 5.41) is 2.69. The van der Waals surface area contributed by atoms with Gasteiger partial charge >= 0.3 is 17.1 Å². The molecule has 2 aromatic carbocycles. The van der Waals surface area contributed by atoms with E-state index in [4.69, 9.17) is 9.73 Å². The van der Waals surface area contributed by atoms with Gasteiger partial charge in [-0.15, -0.1) is 0 Å². The molecule has 3 aliphatic rings. The van der Waals surface area contributed by atoms with Crippen molar-refractivity contribution < 1.29 is 21.8 Å². The zero-order valence-electron chi connectivity index (χ0n) is 18.4. The molecule has 2 aromatic rings. The fourth-order valence-corrected chi connectivity index (χ4v) is 6.01. The van der Waals surface area contributed by atoms with E-state index < -0.39 is 7.92 Å². The van der Waals surface area contributed by atoms with E-state index in [0.29, 0.717) is 12.5 Å². The van der Waals surface area contributed by atoms with Crippen molar-refractivity contribution in [3.05, 3.63) is 124 Å². The number of ether oxygens (including phenoxy) is 1. The number of benzene rings is 2. The minimum Gasteiger partial charge on any atom is -0.478 e. The number of nitrogens with zero attached hydrogens (tertiary/aromatic N) is 1. The Hall–Kier alpha value is -1.14.